The zero-order chi connectivity index (χ0) is 14.8. The summed E-state index contributed by atoms with van der Waals surface area (Å²) in [5.41, 5.74) is 2.21. The molecule has 0 N–H and O–H groups in total. The molecule has 0 aromatic heterocycles. The van der Waals surface area contributed by atoms with Crippen LogP contribution in [0.4, 0.5) is 0 Å². The lowest BCUT2D eigenvalue weighted by Gasteiger charge is -2.13. The van der Waals surface area contributed by atoms with Crippen molar-refractivity contribution < 1.29 is 9.53 Å². The van der Waals surface area contributed by atoms with Crippen molar-refractivity contribution in [3.8, 4) is 0 Å². The zero-order valence-corrected chi connectivity index (χ0v) is 12.6. The fourth-order valence-corrected chi connectivity index (χ4v) is 1.96. The summed E-state index contributed by atoms with van der Waals surface area (Å²) in [7, 11) is 0. The molecule has 2 nitrogen and oxygen atoms in total. The van der Waals surface area contributed by atoms with E-state index < -0.39 is 0 Å². The summed E-state index contributed by atoms with van der Waals surface area (Å²) in [5, 5.41) is 0. The van der Waals surface area contributed by atoms with Crippen molar-refractivity contribution in [1.82, 2.24) is 0 Å². The third kappa shape index (κ3) is 6.93. The van der Waals surface area contributed by atoms with Gasteiger partial charge >= 0.3 is 5.97 Å². The van der Waals surface area contributed by atoms with E-state index in [1.165, 1.54) is 5.57 Å². The Labute approximate surface area is 122 Å². The van der Waals surface area contributed by atoms with Crippen LogP contribution in [0.2, 0.25) is 0 Å². The first-order chi connectivity index (χ1) is 9.61. The lowest BCUT2D eigenvalue weighted by Crippen LogP contribution is -2.16. The number of benzene rings is 1. The van der Waals surface area contributed by atoms with Crippen LogP contribution in [-0.4, -0.2) is 12.1 Å². The topological polar surface area (TPSA) is 26.3 Å². The van der Waals surface area contributed by atoms with Gasteiger partial charge in [0.25, 0.3) is 0 Å². The summed E-state index contributed by atoms with van der Waals surface area (Å²) >= 11 is 0. The zero-order valence-electron chi connectivity index (χ0n) is 12.6. The van der Waals surface area contributed by atoms with Crippen molar-refractivity contribution in [3.05, 3.63) is 59.7 Å². The Bertz CT molecular complexity index is 458. The van der Waals surface area contributed by atoms with Crippen LogP contribution in [0.5, 0.6) is 0 Å². The molecule has 0 aliphatic heterocycles. The molecule has 1 aromatic rings. The van der Waals surface area contributed by atoms with Gasteiger partial charge in [0.05, 0.1) is 6.42 Å². The van der Waals surface area contributed by atoms with Gasteiger partial charge in [-0.15, -0.1) is 0 Å². The molecule has 0 saturated carbocycles. The molecule has 2 heteroatoms. The molecule has 1 aromatic carbocycles. The summed E-state index contributed by atoms with van der Waals surface area (Å²) in [4.78, 5) is 11.8. The third-order valence-electron chi connectivity index (χ3n) is 2.89. The van der Waals surface area contributed by atoms with E-state index in [1.807, 2.05) is 43.3 Å². The summed E-state index contributed by atoms with van der Waals surface area (Å²) in [5.74, 6) is -0.166. The van der Waals surface area contributed by atoms with Gasteiger partial charge in [0.1, 0.15) is 6.10 Å². The second kappa shape index (κ2) is 9.13. The maximum atomic E-state index is 11.8. The molecular formula is C18H24O2. The van der Waals surface area contributed by atoms with Gasteiger partial charge in [0.2, 0.25) is 0 Å². The standard InChI is InChI=1S/C18H24O2/c1-4-5-7-10-15(2)13-16(3)20-18(19)14-17-11-8-6-9-12-17/h5-12,16H,4,13-14H2,1-3H3/b7-5+,15-10+. The first-order valence-electron chi connectivity index (χ1n) is 7.17. The molecule has 0 amide bonds. The Kier molecular flexibility index (Phi) is 7.41. The minimum atomic E-state index is -0.166. The van der Waals surface area contributed by atoms with E-state index in [2.05, 4.69) is 26.0 Å². The van der Waals surface area contributed by atoms with Crippen LogP contribution >= 0.6 is 0 Å². The Morgan fingerprint density at radius 3 is 2.65 bits per heavy atom. The number of hydrogen-bond acceptors (Lipinski definition) is 2. The van der Waals surface area contributed by atoms with Gasteiger partial charge in [-0.2, -0.15) is 0 Å². The maximum absolute atomic E-state index is 11.8. The molecule has 1 rings (SSSR count). The highest BCUT2D eigenvalue weighted by Gasteiger charge is 2.10. The van der Waals surface area contributed by atoms with Crippen molar-refractivity contribution in [2.24, 2.45) is 0 Å². The number of ether oxygens (including phenoxy) is 1. The number of hydrogen-bond donors (Lipinski definition) is 0. The number of allylic oxidation sites excluding steroid dienone is 3. The normalized spacial score (nSPS) is 13.4. The minimum absolute atomic E-state index is 0.0857. The molecule has 1 unspecified atom stereocenters. The monoisotopic (exact) mass is 272 g/mol. The van der Waals surface area contributed by atoms with Crippen LogP contribution in [0.15, 0.2) is 54.1 Å². The Morgan fingerprint density at radius 2 is 2.00 bits per heavy atom. The Balaban J connectivity index is 2.38. The lowest BCUT2D eigenvalue weighted by molar-refractivity contribution is -0.147. The molecule has 0 heterocycles. The average Bonchev–Trinajstić information content (AvgIpc) is 2.39. The van der Waals surface area contributed by atoms with Crippen LogP contribution in [0.1, 0.15) is 39.2 Å². The van der Waals surface area contributed by atoms with Gasteiger partial charge < -0.3 is 4.74 Å². The number of carbonyl (C=O) groups excluding carboxylic acids is 1. The van der Waals surface area contributed by atoms with Crippen LogP contribution in [0.25, 0.3) is 0 Å². The van der Waals surface area contributed by atoms with Gasteiger partial charge in [-0.05, 0) is 25.8 Å². The van der Waals surface area contributed by atoms with Gasteiger partial charge in [0, 0.05) is 6.42 Å². The Hall–Kier alpha value is -1.83. The van der Waals surface area contributed by atoms with E-state index >= 15 is 0 Å². The summed E-state index contributed by atoms with van der Waals surface area (Å²) in [6.45, 7) is 6.10. The molecule has 0 saturated heterocycles. The molecule has 0 bridgehead atoms. The third-order valence-corrected chi connectivity index (χ3v) is 2.89. The van der Waals surface area contributed by atoms with Crippen molar-refractivity contribution >= 4 is 5.97 Å². The molecule has 0 fully saturated rings. The van der Waals surface area contributed by atoms with E-state index in [0.717, 1.165) is 18.4 Å². The first-order valence-corrected chi connectivity index (χ1v) is 7.17. The minimum Gasteiger partial charge on any atom is -0.462 e. The Morgan fingerprint density at radius 1 is 1.30 bits per heavy atom. The summed E-state index contributed by atoms with van der Waals surface area (Å²) in [6, 6.07) is 9.67. The lowest BCUT2D eigenvalue weighted by atomic mass is 10.1. The molecule has 0 spiro atoms. The van der Waals surface area contributed by atoms with E-state index in [4.69, 9.17) is 4.74 Å². The van der Waals surface area contributed by atoms with E-state index in [-0.39, 0.29) is 12.1 Å². The van der Waals surface area contributed by atoms with Crippen LogP contribution in [0.3, 0.4) is 0 Å². The van der Waals surface area contributed by atoms with Gasteiger partial charge in [-0.25, -0.2) is 0 Å². The van der Waals surface area contributed by atoms with E-state index in [9.17, 15) is 4.79 Å². The number of carbonyl (C=O) groups is 1. The van der Waals surface area contributed by atoms with Crippen molar-refractivity contribution in [2.45, 2.75) is 46.1 Å². The molecule has 108 valence electrons. The second-order valence-corrected chi connectivity index (χ2v) is 5.02. The molecule has 20 heavy (non-hydrogen) atoms. The maximum Gasteiger partial charge on any atom is 0.310 e. The number of rotatable bonds is 7. The van der Waals surface area contributed by atoms with Crippen LogP contribution in [-0.2, 0) is 16.0 Å². The highest BCUT2D eigenvalue weighted by Crippen LogP contribution is 2.10. The highest BCUT2D eigenvalue weighted by atomic mass is 16.5. The van der Waals surface area contributed by atoms with Crippen molar-refractivity contribution in [2.75, 3.05) is 0 Å². The van der Waals surface area contributed by atoms with Gasteiger partial charge in [-0.1, -0.05) is 61.1 Å². The number of esters is 1. The molecule has 0 radical (unpaired) electrons. The largest absolute Gasteiger partial charge is 0.462 e. The molecular weight excluding hydrogens is 248 g/mol. The van der Waals surface area contributed by atoms with E-state index in [0.29, 0.717) is 6.42 Å². The molecule has 0 aliphatic carbocycles. The quantitative estimate of drug-likeness (QED) is 0.541. The second-order valence-electron chi connectivity index (χ2n) is 5.02. The molecule has 0 aliphatic rings. The predicted molar refractivity (Wildman–Crippen MR) is 83.5 cm³/mol. The van der Waals surface area contributed by atoms with E-state index in [1.54, 1.807) is 0 Å². The summed E-state index contributed by atoms with van der Waals surface area (Å²) < 4.78 is 5.43. The fraction of sp³-hybridized carbons (Fsp3) is 0.389. The fourth-order valence-electron chi connectivity index (χ4n) is 1.96. The van der Waals surface area contributed by atoms with Gasteiger partial charge in [0.15, 0.2) is 0 Å². The van der Waals surface area contributed by atoms with Crippen LogP contribution in [0, 0.1) is 0 Å². The smallest absolute Gasteiger partial charge is 0.310 e. The van der Waals surface area contributed by atoms with Crippen molar-refractivity contribution in [1.29, 1.82) is 0 Å². The average molecular weight is 272 g/mol. The van der Waals surface area contributed by atoms with Crippen LogP contribution < -0.4 is 0 Å². The summed E-state index contributed by atoms with van der Waals surface area (Å²) in [6.07, 6.45) is 8.29. The first kappa shape index (κ1) is 16.2. The molecule has 1 atom stereocenters. The van der Waals surface area contributed by atoms with Crippen molar-refractivity contribution in [3.63, 3.8) is 0 Å². The van der Waals surface area contributed by atoms with Gasteiger partial charge in [-0.3, -0.25) is 4.79 Å². The highest BCUT2D eigenvalue weighted by molar-refractivity contribution is 5.72. The predicted octanol–water partition coefficient (Wildman–Crippen LogP) is 4.46. The SMILES string of the molecule is CC/C=C/C=C(\C)CC(C)OC(=O)Cc1ccccc1.